The van der Waals surface area contributed by atoms with Crippen LogP contribution in [0.4, 0.5) is 5.69 Å². The van der Waals surface area contributed by atoms with E-state index in [-0.39, 0.29) is 0 Å². The van der Waals surface area contributed by atoms with Gasteiger partial charge in [0.2, 0.25) is 0 Å². The summed E-state index contributed by atoms with van der Waals surface area (Å²) in [5.41, 5.74) is 2.94. The van der Waals surface area contributed by atoms with Gasteiger partial charge in [-0.1, -0.05) is 29.3 Å². The third-order valence-corrected chi connectivity index (χ3v) is 3.96. The quantitative estimate of drug-likeness (QED) is 0.735. The number of halogens is 2. The lowest BCUT2D eigenvalue weighted by molar-refractivity contribution is 0.729. The maximum atomic E-state index is 6.29. The minimum Gasteiger partial charge on any atom is -0.378 e. The molecule has 0 aliphatic rings. The minimum absolute atomic E-state index is 0.639. The van der Waals surface area contributed by atoms with Crippen molar-refractivity contribution in [2.75, 3.05) is 5.32 Å². The van der Waals surface area contributed by atoms with Crippen molar-refractivity contribution in [3.63, 3.8) is 0 Å². The number of fused-ring (bicyclic) bond motifs is 1. The lowest BCUT2D eigenvalue weighted by Gasteiger charge is -2.09. The molecule has 0 saturated carbocycles. The van der Waals surface area contributed by atoms with Crippen LogP contribution >= 0.6 is 23.2 Å². The Morgan fingerprint density at radius 3 is 2.57 bits per heavy atom. The summed E-state index contributed by atoms with van der Waals surface area (Å²) in [6, 6.07) is 13.4. The number of rotatable bonds is 4. The van der Waals surface area contributed by atoms with Crippen molar-refractivity contribution in [2.45, 2.75) is 20.0 Å². The first-order valence-electron chi connectivity index (χ1n) is 6.82. The molecule has 108 valence electrons. The van der Waals surface area contributed by atoms with Gasteiger partial charge in [-0.3, -0.25) is 0 Å². The second-order valence-corrected chi connectivity index (χ2v) is 5.58. The van der Waals surface area contributed by atoms with Crippen molar-refractivity contribution in [1.29, 1.82) is 0 Å². The van der Waals surface area contributed by atoms with Crippen LogP contribution < -0.4 is 5.32 Å². The molecule has 0 aliphatic carbocycles. The van der Waals surface area contributed by atoms with Crippen LogP contribution in [-0.2, 0) is 13.1 Å². The molecule has 3 nitrogen and oxygen atoms in total. The highest BCUT2D eigenvalue weighted by Crippen LogP contribution is 2.25. The van der Waals surface area contributed by atoms with Gasteiger partial charge >= 0.3 is 0 Å². The molecule has 3 aromatic rings. The first-order chi connectivity index (χ1) is 10.2. The van der Waals surface area contributed by atoms with Crippen LogP contribution in [0.15, 0.2) is 42.5 Å². The molecule has 1 N–H and O–H groups in total. The summed E-state index contributed by atoms with van der Waals surface area (Å²) >= 11 is 12.2. The van der Waals surface area contributed by atoms with E-state index in [1.54, 1.807) is 0 Å². The number of nitrogens with zero attached hydrogens (tertiary/aromatic N) is 2. The molecule has 0 atom stereocenters. The lowest BCUT2D eigenvalue weighted by Crippen LogP contribution is -2.08. The zero-order valence-corrected chi connectivity index (χ0v) is 13.1. The Labute approximate surface area is 133 Å². The van der Waals surface area contributed by atoms with Gasteiger partial charge in [0.05, 0.1) is 22.6 Å². The first-order valence-corrected chi connectivity index (χ1v) is 7.57. The summed E-state index contributed by atoms with van der Waals surface area (Å²) in [5.74, 6) is 0.968. The van der Waals surface area contributed by atoms with Gasteiger partial charge in [-0.25, -0.2) is 4.98 Å². The molecule has 2 aromatic carbocycles. The Balaban J connectivity index is 1.90. The molecule has 21 heavy (non-hydrogen) atoms. The van der Waals surface area contributed by atoms with E-state index in [0.29, 0.717) is 6.54 Å². The summed E-state index contributed by atoms with van der Waals surface area (Å²) in [5, 5.41) is 4.82. The van der Waals surface area contributed by atoms with Gasteiger partial charge in [-0.15, -0.1) is 0 Å². The number of para-hydroxylation sites is 1. The molecule has 0 saturated heterocycles. The predicted molar refractivity (Wildman–Crippen MR) is 89.2 cm³/mol. The largest absolute Gasteiger partial charge is 0.378 e. The van der Waals surface area contributed by atoms with Crippen LogP contribution in [0.2, 0.25) is 10.0 Å². The van der Waals surface area contributed by atoms with E-state index in [0.717, 1.165) is 39.1 Å². The maximum absolute atomic E-state index is 6.29. The highest BCUT2D eigenvalue weighted by molar-refractivity contribution is 6.35. The fourth-order valence-corrected chi connectivity index (χ4v) is 2.81. The second-order valence-electron chi connectivity index (χ2n) is 4.74. The van der Waals surface area contributed by atoms with E-state index in [9.17, 15) is 0 Å². The third-order valence-electron chi connectivity index (χ3n) is 3.41. The van der Waals surface area contributed by atoms with Crippen molar-refractivity contribution in [3.05, 3.63) is 58.3 Å². The van der Waals surface area contributed by atoms with Crippen molar-refractivity contribution >= 4 is 39.9 Å². The van der Waals surface area contributed by atoms with Gasteiger partial charge < -0.3 is 9.88 Å². The van der Waals surface area contributed by atoms with Gasteiger partial charge in [-0.2, -0.15) is 0 Å². The Kier molecular flexibility index (Phi) is 4.04. The number of imidazole rings is 1. The van der Waals surface area contributed by atoms with E-state index in [1.807, 2.05) is 42.5 Å². The van der Waals surface area contributed by atoms with Crippen LogP contribution in [0.3, 0.4) is 0 Å². The van der Waals surface area contributed by atoms with Gasteiger partial charge in [0.25, 0.3) is 0 Å². The fourth-order valence-electron chi connectivity index (χ4n) is 2.41. The normalized spacial score (nSPS) is 11.0. The van der Waals surface area contributed by atoms with E-state index in [1.165, 1.54) is 0 Å². The van der Waals surface area contributed by atoms with Crippen molar-refractivity contribution < 1.29 is 0 Å². The van der Waals surface area contributed by atoms with E-state index in [2.05, 4.69) is 21.8 Å². The SMILES string of the molecule is CCn1c(CNc2ccc(Cl)cc2)nc2cccc(Cl)c21. The number of aryl methyl sites for hydroxylation is 1. The van der Waals surface area contributed by atoms with Crippen LogP contribution in [-0.4, -0.2) is 9.55 Å². The smallest absolute Gasteiger partial charge is 0.129 e. The Hall–Kier alpha value is -1.71. The van der Waals surface area contributed by atoms with Crippen molar-refractivity contribution in [3.8, 4) is 0 Å². The molecule has 1 aromatic heterocycles. The molecule has 0 radical (unpaired) electrons. The molecule has 0 aliphatic heterocycles. The number of hydrogen-bond donors (Lipinski definition) is 1. The lowest BCUT2D eigenvalue weighted by atomic mass is 10.3. The van der Waals surface area contributed by atoms with Gasteiger partial charge in [0.15, 0.2) is 0 Å². The van der Waals surface area contributed by atoms with E-state index < -0.39 is 0 Å². The standard InChI is InChI=1S/C16H15Cl2N3/c1-2-21-15(10-19-12-8-6-11(17)7-9-12)20-14-5-3-4-13(18)16(14)21/h3-9,19H,2,10H2,1H3. The molecular formula is C16H15Cl2N3. The Bertz CT molecular complexity index is 763. The topological polar surface area (TPSA) is 29.9 Å². The van der Waals surface area contributed by atoms with Crippen LogP contribution in [0.5, 0.6) is 0 Å². The van der Waals surface area contributed by atoms with Crippen LogP contribution in [0.25, 0.3) is 11.0 Å². The third kappa shape index (κ3) is 2.85. The molecular weight excluding hydrogens is 305 g/mol. The summed E-state index contributed by atoms with van der Waals surface area (Å²) in [4.78, 5) is 4.67. The molecule has 0 fully saturated rings. The molecule has 0 spiro atoms. The zero-order chi connectivity index (χ0) is 14.8. The maximum Gasteiger partial charge on any atom is 0.129 e. The highest BCUT2D eigenvalue weighted by Gasteiger charge is 2.11. The number of aromatic nitrogens is 2. The zero-order valence-electron chi connectivity index (χ0n) is 11.6. The van der Waals surface area contributed by atoms with Crippen LogP contribution in [0, 0.1) is 0 Å². The molecule has 0 amide bonds. The number of hydrogen-bond acceptors (Lipinski definition) is 2. The summed E-state index contributed by atoms with van der Waals surface area (Å²) in [6.07, 6.45) is 0. The summed E-state index contributed by atoms with van der Waals surface area (Å²) in [6.45, 7) is 3.56. The summed E-state index contributed by atoms with van der Waals surface area (Å²) < 4.78 is 2.14. The van der Waals surface area contributed by atoms with E-state index in [4.69, 9.17) is 23.2 Å². The summed E-state index contributed by atoms with van der Waals surface area (Å²) in [7, 11) is 0. The monoisotopic (exact) mass is 319 g/mol. The van der Waals surface area contributed by atoms with E-state index >= 15 is 0 Å². The fraction of sp³-hybridized carbons (Fsp3) is 0.188. The average Bonchev–Trinajstić information content (AvgIpc) is 2.85. The van der Waals surface area contributed by atoms with Gasteiger partial charge in [0.1, 0.15) is 5.82 Å². The van der Waals surface area contributed by atoms with Gasteiger partial charge in [0, 0.05) is 17.3 Å². The van der Waals surface area contributed by atoms with Crippen molar-refractivity contribution in [2.24, 2.45) is 0 Å². The first kappa shape index (κ1) is 14.2. The Morgan fingerprint density at radius 2 is 1.86 bits per heavy atom. The minimum atomic E-state index is 0.639. The van der Waals surface area contributed by atoms with Crippen molar-refractivity contribution in [1.82, 2.24) is 9.55 Å². The second kappa shape index (κ2) is 5.96. The average molecular weight is 320 g/mol. The molecule has 0 bridgehead atoms. The molecule has 1 heterocycles. The van der Waals surface area contributed by atoms with Gasteiger partial charge in [-0.05, 0) is 43.3 Å². The highest BCUT2D eigenvalue weighted by atomic mass is 35.5. The number of benzene rings is 2. The number of nitrogens with one attached hydrogen (secondary N) is 1. The predicted octanol–water partition coefficient (Wildman–Crippen LogP) is 4.98. The van der Waals surface area contributed by atoms with Crippen LogP contribution in [0.1, 0.15) is 12.7 Å². The Morgan fingerprint density at radius 1 is 1.10 bits per heavy atom. The molecule has 0 unspecified atom stereocenters. The molecule has 5 heteroatoms. The number of anilines is 1. The molecule has 3 rings (SSSR count).